The second-order valence-electron chi connectivity index (χ2n) is 7.70. The number of aromatic amines is 1. The number of benzene rings is 2. The van der Waals surface area contributed by atoms with Crippen molar-refractivity contribution in [2.24, 2.45) is 0 Å². The molecule has 7 heteroatoms. The number of hydrogen-bond donors (Lipinski definition) is 1. The third kappa shape index (κ3) is 3.18. The van der Waals surface area contributed by atoms with Gasteiger partial charge in [-0.15, -0.1) is 0 Å². The van der Waals surface area contributed by atoms with Crippen molar-refractivity contribution in [2.75, 3.05) is 13.1 Å². The molecule has 1 saturated heterocycles. The molecule has 0 atom stereocenters. The fourth-order valence-corrected chi connectivity index (χ4v) is 4.67. The first-order chi connectivity index (χ1) is 13.9. The minimum Gasteiger partial charge on any atom is -0.486 e. The van der Waals surface area contributed by atoms with E-state index in [-0.39, 0.29) is 11.7 Å². The van der Waals surface area contributed by atoms with Gasteiger partial charge in [0.05, 0.1) is 22.5 Å². The molecule has 3 heterocycles. The van der Waals surface area contributed by atoms with E-state index in [9.17, 15) is 9.59 Å². The summed E-state index contributed by atoms with van der Waals surface area (Å²) >= 11 is 12.2. The van der Waals surface area contributed by atoms with Crippen LogP contribution in [0, 0.1) is 0 Å². The summed E-state index contributed by atoms with van der Waals surface area (Å²) in [6.45, 7) is 1.05. The van der Waals surface area contributed by atoms with Crippen molar-refractivity contribution in [1.82, 2.24) is 9.88 Å². The van der Waals surface area contributed by atoms with E-state index >= 15 is 0 Å². The average Bonchev–Trinajstić information content (AvgIpc) is 3.15. The number of para-hydroxylation sites is 1. The molecule has 0 saturated carbocycles. The Bertz CT molecular complexity index is 1150. The number of hydrogen-bond acceptors (Lipinski definition) is 3. The smallest absolute Gasteiger partial charge is 0.270 e. The first-order valence-corrected chi connectivity index (χ1v) is 10.3. The van der Waals surface area contributed by atoms with Crippen LogP contribution in [0.2, 0.25) is 10.0 Å². The number of rotatable bonds is 1. The maximum Gasteiger partial charge on any atom is 0.270 e. The van der Waals surface area contributed by atoms with Crippen molar-refractivity contribution in [3.8, 4) is 5.75 Å². The number of amides is 1. The molecule has 1 aromatic heterocycles. The van der Waals surface area contributed by atoms with Crippen LogP contribution in [0.1, 0.15) is 40.1 Å². The van der Waals surface area contributed by atoms with E-state index in [1.54, 1.807) is 29.2 Å². The van der Waals surface area contributed by atoms with E-state index in [0.29, 0.717) is 59.4 Å². The number of nitrogens with one attached hydrogen (secondary N) is 1. The first-order valence-electron chi connectivity index (χ1n) is 9.52. The highest BCUT2D eigenvalue weighted by Crippen LogP contribution is 2.40. The van der Waals surface area contributed by atoms with Crippen LogP contribution in [0.15, 0.2) is 42.5 Å². The molecule has 2 aromatic carbocycles. The molecule has 1 spiro atoms. The molecule has 0 aliphatic carbocycles. The summed E-state index contributed by atoms with van der Waals surface area (Å²) in [5.74, 6) is 0.552. The molecule has 1 fully saturated rings. The van der Waals surface area contributed by atoms with Crippen LogP contribution in [0.5, 0.6) is 5.75 Å². The quantitative estimate of drug-likeness (QED) is 0.585. The molecule has 0 radical (unpaired) electrons. The highest BCUT2D eigenvalue weighted by Gasteiger charge is 2.43. The molecule has 2 aliphatic heterocycles. The van der Waals surface area contributed by atoms with Gasteiger partial charge in [0.1, 0.15) is 17.0 Å². The van der Waals surface area contributed by atoms with Gasteiger partial charge in [0.25, 0.3) is 5.91 Å². The Labute approximate surface area is 177 Å². The fraction of sp³-hybridized carbons (Fsp3) is 0.273. The normalized spacial score (nSPS) is 18.0. The number of ketones is 1. The zero-order chi connectivity index (χ0) is 20.2. The minimum absolute atomic E-state index is 0.0405. The van der Waals surface area contributed by atoms with Crippen molar-refractivity contribution in [1.29, 1.82) is 0 Å². The van der Waals surface area contributed by atoms with Crippen LogP contribution in [0.25, 0.3) is 10.9 Å². The molecule has 0 bridgehead atoms. The number of aromatic nitrogens is 1. The van der Waals surface area contributed by atoms with Gasteiger partial charge in [-0.1, -0.05) is 35.3 Å². The molecule has 0 unspecified atom stereocenters. The van der Waals surface area contributed by atoms with Crippen LogP contribution in [0.4, 0.5) is 0 Å². The van der Waals surface area contributed by atoms with Gasteiger partial charge < -0.3 is 14.6 Å². The Hall–Kier alpha value is -2.50. The predicted molar refractivity (Wildman–Crippen MR) is 112 cm³/mol. The molecule has 2 aliphatic rings. The van der Waals surface area contributed by atoms with Crippen molar-refractivity contribution >= 4 is 45.8 Å². The van der Waals surface area contributed by atoms with Gasteiger partial charge in [-0.05, 0) is 30.3 Å². The standard InChI is InChI=1S/C22H18Cl2N2O3/c23-14-4-5-19-15(11-14)18(27)12-22(29-19)6-8-26(9-7-22)21(28)17-10-13-2-1-3-16(24)20(13)25-17/h1-5,10-11,25H,6-9,12H2. The molecule has 5 nitrogen and oxygen atoms in total. The maximum atomic E-state index is 13.0. The third-order valence-corrected chi connectivity index (χ3v) is 6.40. The average molecular weight is 429 g/mol. The summed E-state index contributed by atoms with van der Waals surface area (Å²) in [5.41, 5.74) is 1.27. The number of halogens is 2. The first kappa shape index (κ1) is 18.5. The minimum atomic E-state index is -0.557. The summed E-state index contributed by atoms with van der Waals surface area (Å²) in [6.07, 6.45) is 1.52. The number of fused-ring (bicyclic) bond motifs is 2. The zero-order valence-corrected chi connectivity index (χ0v) is 17.0. The summed E-state index contributed by atoms with van der Waals surface area (Å²) in [5, 5.41) is 2.02. The zero-order valence-electron chi connectivity index (χ0n) is 15.5. The highest BCUT2D eigenvalue weighted by molar-refractivity contribution is 6.35. The van der Waals surface area contributed by atoms with E-state index in [0.717, 1.165) is 10.9 Å². The SMILES string of the molecule is O=C1CC2(CCN(C(=O)c3cc4cccc(Cl)c4[nH]3)CC2)Oc2ccc(Cl)cc21. The van der Waals surface area contributed by atoms with Gasteiger partial charge in [-0.2, -0.15) is 0 Å². The summed E-state index contributed by atoms with van der Waals surface area (Å²) < 4.78 is 6.24. The topological polar surface area (TPSA) is 62.4 Å². The second kappa shape index (κ2) is 6.78. The van der Waals surface area contributed by atoms with Gasteiger partial charge in [0.2, 0.25) is 0 Å². The summed E-state index contributed by atoms with van der Waals surface area (Å²) in [4.78, 5) is 30.6. The van der Waals surface area contributed by atoms with Crippen LogP contribution in [0.3, 0.4) is 0 Å². The van der Waals surface area contributed by atoms with Crippen LogP contribution in [-0.4, -0.2) is 40.3 Å². The molecular weight excluding hydrogens is 411 g/mol. The van der Waals surface area contributed by atoms with E-state index in [1.807, 2.05) is 18.2 Å². The van der Waals surface area contributed by atoms with E-state index in [2.05, 4.69) is 4.98 Å². The Morgan fingerprint density at radius 3 is 2.66 bits per heavy atom. The lowest BCUT2D eigenvalue weighted by Crippen LogP contribution is -2.52. The molecule has 1 N–H and O–H groups in total. The Kier molecular flexibility index (Phi) is 4.33. The molecule has 148 valence electrons. The summed E-state index contributed by atoms with van der Waals surface area (Å²) in [7, 11) is 0. The largest absolute Gasteiger partial charge is 0.486 e. The number of piperidine rings is 1. The van der Waals surface area contributed by atoms with Gasteiger partial charge in [0, 0.05) is 36.3 Å². The van der Waals surface area contributed by atoms with Gasteiger partial charge in [-0.3, -0.25) is 9.59 Å². The number of ether oxygens (including phenoxy) is 1. The van der Waals surface area contributed by atoms with Gasteiger partial charge in [-0.25, -0.2) is 0 Å². The molecular formula is C22H18Cl2N2O3. The molecule has 1 amide bonds. The monoisotopic (exact) mass is 428 g/mol. The molecule has 29 heavy (non-hydrogen) atoms. The number of H-pyrrole nitrogens is 1. The van der Waals surface area contributed by atoms with E-state index < -0.39 is 5.60 Å². The van der Waals surface area contributed by atoms with Crippen molar-refractivity contribution in [2.45, 2.75) is 24.9 Å². The van der Waals surface area contributed by atoms with Crippen LogP contribution >= 0.6 is 23.2 Å². The second-order valence-corrected chi connectivity index (χ2v) is 8.55. The lowest BCUT2D eigenvalue weighted by atomic mass is 9.82. The number of Topliss-reactive ketones (excluding diaryl/α,β-unsaturated/α-hetero) is 1. The predicted octanol–water partition coefficient (Wildman–Crippen LogP) is 5.11. The number of likely N-dealkylation sites (tertiary alicyclic amines) is 1. The number of nitrogens with zero attached hydrogens (tertiary/aromatic N) is 1. The van der Waals surface area contributed by atoms with E-state index in [1.165, 1.54) is 0 Å². The van der Waals surface area contributed by atoms with Gasteiger partial charge in [0.15, 0.2) is 5.78 Å². The van der Waals surface area contributed by atoms with Crippen molar-refractivity contribution in [3.05, 3.63) is 63.8 Å². The molecule has 3 aromatic rings. The highest BCUT2D eigenvalue weighted by atomic mass is 35.5. The van der Waals surface area contributed by atoms with Crippen molar-refractivity contribution < 1.29 is 14.3 Å². The van der Waals surface area contributed by atoms with Crippen LogP contribution < -0.4 is 4.74 Å². The third-order valence-electron chi connectivity index (χ3n) is 5.85. The Balaban J connectivity index is 1.33. The lowest BCUT2D eigenvalue weighted by Gasteiger charge is -2.43. The maximum absolute atomic E-state index is 13.0. The number of carbonyl (C=O) groups is 2. The van der Waals surface area contributed by atoms with E-state index in [4.69, 9.17) is 27.9 Å². The lowest BCUT2D eigenvalue weighted by molar-refractivity contribution is -0.00582. The molecule has 5 rings (SSSR count). The summed E-state index contributed by atoms with van der Waals surface area (Å²) in [6, 6.07) is 12.5. The Morgan fingerprint density at radius 1 is 1.10 bits per heavy atom. The Morgan fingerprint density at radius 2 is 1.90 bits per heavy atom. The van der Waals surface area contributed by atoms with Crippen molar-refractivity contribution in [3.63, 3.8) is 0 Å². The van der Waals surface area contributed by atoms with Crippen LogP contribution in [-0.2, 0) is 0 Å². The van der Waals surface area contributed by atoms with Gasteiger partial charge >= 0.3 is 0 Å². The number of carbonyl (C=O) groups excluding carboxylic acids is 2. The fourth-order valence-electron chi connectivity index (χ4n) is 4.27.